The topological polar surface area (TPSA) is 56.3 Å². The summed E-state index contributed by atoms with van der Waals surface area (Å²) < 4.78 is 64.4. The molecule has 5 nitrogen and oxygen atoms in total. The molecule has 150 valence electrons. The lowest BCUT2D eigenvalue weighted by molar-refractivity contribution is -0.137. The Morgan fingerprint density at radius 2 is 1.71 bits per heavy atom. The average molecular weight is 397 g/mol. The van der Waals surface area contributed by atoms with Gasteiger partial charge in [0.2, 0.25) is 0 Å². The molecular formula is C18H20BF4N3O2. The van der Waals surface area contributed by atoms with Gasteiger partial charge in [0.25, 0.3) is 0 Å². The number of nitrogens with one attached hydrogen (secondary N) is 1. The minimum atomic E-state index is -4.53. The second-order valence-corrected chi connectivity index (χ2v) is 7.62. The molecule has 0 spiro atoms. The van der Waals surface area contributed by atoms with E-state index < -0.39 is 35.9 Å². The van der Waals surface area contributed by atoms with Gasteiger partial charge in [-0.25, -0.2) is 4.39 Å². The number of aromatic nitrogens is 2. The molecule has 0 atom stereocenters. The van der Waals surface area contributed by atoms with E-state index in [9.17, 15) is 17.6 Å². The van der Waals surface area contributed by atoms with Gasteiger partial charge in [-0.1, -0.05) is 12.1 Å². The summed E-state index contributed by atoms with van der Waals surface area (Å²) in [6, 6.07) is 5.32. The third-order valence-corrected chi connectivity index (χ3v) is 5.04. The van der Waals surface area contributed by atoms with E-state index >= 15 is 0 Å². The summed E-state index contributed by atoms with van der Waals surface area (Å²) in [5.74, 6) is -0.621. The van der Waals surface area contributed by atoms with Gasteiger partial charge < -0.3 is 14.6 Å². The first kappa shape index (κ1) is 20.5. The van der Waals surface area contributed by atoms with Crippen molar-refractivity contribution in [1.82, 2.24) is 10.2 Å². The molecule has 1 aliphatic rings. The van der Waals surface area contributed by atoms with Crippen molar-refractivity contribution in [1.29, 1.82) is 0 Å². The maximum absolute atomic E-state index is 14.5. The van der Waals surface area contributed by atoms with Crippen molar-refractivity contribution in [3.8, 4) is 0 Å². The standard InChI is InChI=1S/C18H20BF4N3O2/c1-16(2)17(3,4)28-19(27-16)13-6-5-11(14(20)8-13)9-24-15-7-12(10-25-26-15)18(21,22)23/h5-8,10H,9H2,1-4H3,(H,24,26). The second-order valence-electron chi connectivity index (χ2n) is 7.62. The fraction of sp³-hybridized carbons (Fsp3) is 0.444. The predicted octanol–water partition coefficient (Wildman–Crippen LogP) is 3.55. The molecule has 1 aromatic heterocycles. The molecule has 1 fully saturated rings. The molecule has 2 aromatic rings. The van der Waals surface area contributed by atoms with Gasteiger partial charge in [-0.15, -0.1) is 5.10 Å². The third-order valence-electron chi connectivity index (χ3n) is 5.04. The molecule has 10 heteroatoms. The lowest BCUT2D eigenvalue weighted by Crippen LogP contribution is -2.41. The SMILES string of the molecule is CC1(C)OB(c2ccc(CNc3cc(C(F)(F)F)cnn3)c(F)c2)OC1(C)C. The van der Waals surface area contributed by atoms with E-state index in [1.807, 2.05) is 27.7 Å². The Bertz CT molecular complexity index is 858. The minimum Gasteiger partial charge on any atom is -0.399 e. The number of anilines is 1. The quantitative estimate of drug-likeness (QED) is 0.632. The van der Waals surface area contributed by atoms with Gasteiger partial charge in [-0.2, -0.15) is 18.3 Å². The van der Waals surface area contributed by atoms with Crippen LogP contribution < -0.4 is 10.8 Å². The second kappa shape index (κ2) is 7.00. The highest BCUT2D eigenvalue weighted by Gasteiger charge is 2.51. The van der Waals surface area contributed by atoms with Gasteiger partial charge in [0, 0.05) is 12.1 Å². The van der Waals surface area contributed by atoms with Crippen molar-refractivity contribution in [2.75, 3.05) is 5.32 Å². The molecule has 3 rings (SSSR count). The van der Waals surface area contributed by atoms with Crippen LogP contribution in [0.3, 0.4) is 0 Å². The average Bonchev–Trinajstić information content (AvgIpc) is 2.81. The molecule has 0 amide bonds. The van der Waals surface area contributed by atoms with Crippen LogP contribution in [0.5, 0.6) is 0 Å². The first-order valence-electron chi connectivity index (χ1n) is 8.67. The van der Waals surface area contributed by atoms with Crippen molar-refractivity contribution in [2.24, 2.45) is 0 Å². The number of hydrogen-bond donors (Lipinski definition) is 1. The summed E-state index contributed by atoms with van der Waals surface area (Å²) in [6.45, 7) is 7.55. The van der Waals surface area contributed by atoms with Crippen molar-refractivity contribution >= 4 is 18.4 Å². The number of halogens is 4. The Hall–Kier alpha value is -2.20. The zero-order valence-electron chi connectivity index (χ0n) is 15.9. The van der Waals surface area contributed by atoms with Crippen molar-refractivity contribution in [3.63, 3.8) is 0 Å². The van der Waals surface area contributed by atoms with Gasteiger partial charge in [0.15, 0.2) is 0 Å². The van der Waals surface area contributed by atoms with Crippen LogP contribution in [0.4, 0.5) is 23.4 Å². The highest BCUT2D eigenvalue weighted by atomic mass is 19.4. The van der Waals surface area contributed by atoms with Gasteiger partial charge in [-0.3, -0.25) is 0 Å². The molecule has 0 unspecified atom stereocenters. The fourth-order valence-corrected chi connectivity index (χ4v) is 2.63. The van der Waals surface area contributed by atoms with Gasteiger partial charge in [0.05, 0.1) is 23.0 Å². The number of alkyl halides is 3. The number of rotatable bonds is 4. The van der Waals surface area contributed by atoms with Crippen LogP contribution in [0.1, 0.15) is 38.8 Å². The van der Waals surface area contributed by atoms with Crippen LogP contribution in [0.15, 0.2) is 30.5 Å². The Kier molecular flexibility index (Phi) is 5.14. The maximum Gasteiger partial charge on any atom is 0.494 e. The molecule has 0 aliphatic carbocycles. The maximum atomic E-state index is 14.5. The first-order chi connectivity index (χ1) is 12.9. The van der Waals surface area contributed by atoms with Crippen molar-refractivity contribution in [3.05, 3.63) is 47.4 Å². The fourth-order valence-electron chi connectivity index (χ4n) is 2.63. The zero-order chi connectivity index (χ0) is 20.7. The van der Waals surface area contributed by atoms with Gasteiger partial charge >= 0.3 is 13.3 Å². The third kappa shape index (κ3) is 4.12. The van der Waals surface area contributed by atoms with Crippen LogP contribution in [0, 0.1) is 5.82 Å². The molecule has 0 saturated carbocycles. The zero-order valence-corrected chi connectivity index (χ0v) is 15.9. The first-order valence-corrected chi connectivity index (χ1v) is 8.67. The number of benzene rings is 1. The van der Waals surface area contributed by atoms with E-state index in [4.69, 9.17) is 9.31 Å². The van der Waals surface area contributed by atoms with E-state index in [-0.39, 0.29) is 17.9 Å². The Balaban J connectivity index is 1.71. The number of nitrogens with zero attached hydrogens (tertiary/aromatic N) is 2. The summed E-state index contributed by atoms with van der Waals surface area (Å²) in [5.41, 5.74) is -1.23. The predicted molar refractivity (Wildman–Crippen MR) is 96.5 cm³/mol. The molecule has 0 radical (unpaired) electrons. The summed E-state index contributed by atoms with van der Waals surface area (Å²) >= 11 is 0. The van der Waals surface area contributed by atoms with Crippen molar-refractivity contribution < 1.29 is 26.9 Å². The molecule has 1 N–H and O–H groups in total. The Labute approximate surface area is 160 Å². The lowest BCUT2D eigenvalue weighted by Gasteiger charge is -2.32. The summed E-state index contributed by atoms with van der Waals surface area (Å²) in [6.07, 6.45) is -3.90. The van der Waals surface area contributed by atoms with Crippen LogP contribution >= 0.6 is 0 Å². The molecule has 0 bridgehead atoms. The monoisotopic (exact) mass is 397 g/mol. The van der Waals surface area contributed by atoms with E-state index in [0.717, 1.165) is 6.07 Å². The van der Waals surface area contributed by atoms with E-state index in [1.54, 1.807) is 6.07 Å². The van der Waals surface area contributed by atoms with Crippen LogP contribution in [0.2, 0.25) is 0 Å². The summed E-state index contributed by atoms with van der Waals surface area (Å²) in [4.78, 5) is 0. The Morgan fingerprint density at radius 1 is 1.07 bits per heavy atom. The molecule has 1 aromatic carbocycles. The minimum absolute atomic E-state index is 0.0501. The molecule has 1 saturated heterocycles. The van der Waals surface area contributed by atoms with Gasteiger partial charge in [-0.05, 0) is 45.3 Å². The molecule has 1 aliphatic heterocycles. The van der Waals surface area contributed by atoms with Crippen LogP contribution in [0.25, 0.3) is 0 Å². The number of hydrogen-bond acceptors (Lipinski definition) is 5. The highest BCUT2D eigenvalue weighted by molar-refractivity contribution is 6.62. The van der Waals surface area contributed by atoms with E-state index in [2.05, 4.69) is 15.5 Å². The van der Waals surface area contributed by atoms with Crippen LogP contribution in [-0.4, -0.2) is 28.5 Å². The molecular weight excluding hydrogens is 377 g/mol. The molecule has 2 heterocycles. The van der Waals surface area contributed by atoms with Crippen LogP contribution in [-0.2, 0) is 22.0 Å². The lowest BCUT2D eigenvalue weighted by atomic mass is 9.78. The molecule has 28 heavy (non-hydrogen) atoms. The Morgan fingerprint density at radius 3 is 2.29 bits per heavy atom. The van der Waals surface area contributed by atoms with E-state index in [0.29, 0.717) is 11.7 Å². The van der Waals surface area contributed by atoms with Gasteiger partial charge in [0.1, 0.15) is 11.6 Å². The summed E-state index contributed by atoms with van der Waals surface area (Å²) in [7, 11) is -0.698. The smallest absolute Gasteiger partial charge is 0.399 e. The van der Waals surface area contributed by atoms with Crippen molar-refractivity contribution in [2.45, 2.75) is 51.6 Å². The van der Waals surface area contributed by atoms with E-state index in [1.165, 1.54) is 12.1 Å². The largest absolute Gasteiger partial charge is 0.494 e. The summed E-state index contributed by atoms with van der Waals surface area (Å²) in [5, 5.41) is 9.56. The highest BCUT2D eigenvalue weighted by Crippen LogP contribution is 2.36. The normalized spacial score (nSPS) is 18.4.